The Hall–Kier alpha value is -3.15. The van der Waals surface area contributed by atoms with Crippen molar-refractivity contribution in [3.8, 4) is 0 Å². The van der Waals surface area contributed by atoms with Crippen LogP contribution in [0.3, 0.4) is 0 Å². The van der Waals surface area contributed by atoms with E-state index in [2.05, 4.69) is 5.32 Å². The summed E-state index contributed by atoms with van der Waals surface area (Å²) in [6.07, 6.45) is 1.12. The van der Waals surface area contributed by atoms with Crippen molar-refractivity contribution in [3.05, 3.63) is 59.2 Å². The molecule has 2 aromatic rings. The Bertz CT molecular complexity index is 1020. The van der Waals surface area contributed by atoms with E-state index in [0.717, 1.165) is 16.8 Å². The zero-order valence-electron chi connectivity index (χ0n) is 17.0. The van der Waals surface area contributed by atoms with Crippen LogP contribution in [0.15, 0.2) is 42.5 Å². The summed E-state index contributed by atoms with van der Waals surface area (Å²) in [6, 6.07) is 13.0. The number of fused-ring (bicyclic) bond motifs is 3. The third kappa shape index (κ3) is 3.09. The van der Waals surface area contributed by atoms with Crippen molar-refractivity contribution in [1.82, 2.24) is 4.90 Å². The van der Waals surface area contributed by atoms with E-state index in [9.17, 15) is 14.4 Å². The number of carbonyl (C=O) groups excluding carboxylic acids is 3. The number of nitrogens with zero attached hydrogens (tertiary/aromatic N) is 2. The number of nitrogens with one attached hydrogen (secondary N) is 1. The summed E-state index contributed by atoms with van der Waals surface area (Å²) in [6.45, 7) is 6.14. The highest BCUT2D eigenvalue weighted by molar-refractivity contribution is 6.10. The van der Waals surface area contributed by atoms with E-state index in [1.807, 2.05) is 51.1 Å². The van der Waals surface area contributed by atoms with Gasteiger partial charge < -0.3 is 10.2 Å². The fraction of sp³-hybridized carbons (Fsp3) is 0.348. The van der Waals surface area contributed by atoms with Gasteiger partial charge in [-0.1, -0.05) is 24.3 Å². The molecule has 150 valence electrons. The molecule has 0 saturated carbocycles. The molecule has 0 spiro atoms. The summed E-state index contributed by atoms with van der Waals surface area (Å²) >= 11 is 0. The van der Waals surface area contributed by atoms with Crippen LogP contribution in [0.4, 0.5) is 11.4 Å². The molecule has 6 nitrogen and oxygen atoms in total. The van der Waals surface area contributed by atoms with E-state index < -0.39 is 5.66 Å². The van der Waals surface area contributed by atoms with Crippen molar-refractivity contribution in [3.63, 3.8) is 0 Å². The second kappa shape index (κ2) is 7.03. The van der Waals surface area contributed by atoms with E-state index in [1.54, 1.807) is 21.9 Å². The second-order valence-corrected chi connectivity index (χ2v) is 7.97. The number of anilines is 2. The largest absolute Gasteiger partial charge is 0.326 e. The summed E-state index contributed by atoms with van der Waals surface area (Å²) in [4.78, 5) is 41.8. The molecule has 0 aliphatic carbocycles. The first-order chi connectivity index (χ1) is 13.8. The molecule has 0 radical (unpaired) electrons. The fourth-order valence-electron chi connectivity index (χ4n) is 4.35. The average Bonchev–Trinajstić information content (AvgIpc) is 3.01. The highest BCUT2D eigenvalue weighted by Crippen LogP contribution is 2.43. The third-order valence-electron chi connectivity index (χ3n) is 6.19. The zero-order valence-corrected chi connectivity index (χ0v) is 17.0. The van der Waals surface area contributed by atoms with Gasteiger partial charge in [-0.15, -0.1) is 0 Å². The Morgan fingerprint density at radius 2 is 1.86 bits per heavy atom. The van der Waals surface area contributed by atoms with E-state index >= 15 is 0 Å². The van der Waals surface area contributed by atoms with E-state index in [-0.39, 0.29) is 30.7 Å². The summed E-state index contributed by atoms with van der Waals surface area (Å²) in [5, 5.41) is 2.95. The van der Waals surface area contributed by atoms with Crippen LogP contribution in [0.1, 0.15) is 47.7 Å². The lowest BCUT2D eigenvalue weighted by molar-refractivity contribution is -0.117. The van der Waals surface area contributed by atoms with E-state index in [1.165, 1.54) is 0 Å². The Kier molecular flexibility index (Phi) is 4.65. The molecule has 1 N–H and O–H groups in total. The number of hydrogen-bond donors (Lipinski definition) is 1. The Morgan fingerprint density at radius 3 is 2.66 bits per heavy atom. The first-order valence-electron chi connectivity index (χ1n) is 9.93. The molecule has 1 fully saturated rings. The molecule has 2 aliphatic rings. The predicted molar refractivity (Wildman–Crippen MR) is 112 cm³/mol. The number of para-hydroxylation sites is 1. The van der Waals surface area contributed by atoms with Gasteiger partial charge in [-0.2, -0.15) is 0 Å². The maximum Gasteiger partial charge on any atom is 0.257 e. The van der Waals surface area contributed by atoms with Gasteiger partial charge in [0.2, 0.25) is 11.8 Å². The van der Waals surface area contributed by atoms with E-state index in [4.69, 9.17) is 0 Å². The van der Waals surface area contributed by atoms with Crippen molar-refractivity contribution in [1.29, 1.82) is 0 Å². The van der Waals surface area contributed by atoms with Crippen molar-refractivity contribution >= 4 is 29.1 Å². The van der Waals surface area contributed by atoms with Gasteiger partial charge in [0.15, 0.2) is 0 Å². The van der Waals surface area contributed by atoms with Gasteiger partial charge in [0.1, 0.15) is 5.66 Å². The molecule has 1 atom stereocenters. The molecule has 29 heavy (non-hydrogen) atoms. The number of rotatable bonds is 4. The maximum absolute atomic E-state index is 13.2. The van der Waals surface area contributed by atoms with Crippen LogP contribution in [0, 0.1) is 13.8 Å². The molecule has 6 heteroatoms. The van der Waals surface area contributed by atoms with Gasteiger partial charge in [0.05, 0.1) is 11.3 Å². The molecule has 0 aromatic heterocycles. The monoisotopic (exact) mass is 391 g/mol. The van der Waals surface area contributed by atoms with Crippen molar-refractivity contribution in [2.45, 2.75) is 45.7 Å². The van der Waals surface area contributed by atoms with Gasteiger partial charge in [0.25, 0.3) is 5.91 Å². The number of hydrogen-bond acceptors (Lipinski definition) is 3. The van der Waals surface area contributed by atoms with Crippen LogP contribution in [-0.2, 0) is 9.59 Å². The zero-order chi connectivity index (χ0) is 20.8. The number of benzene rings is 2. The number of carbonyl (C=O) groups is 3. The summed E-state index contributed by atoms with van der Waals surface area (Å²) in [5.74, 6) is -0.268. The van der Waals surface area contributed by atoms with Gasteiger partial charge in [0, 0.05) is 25.1 Å². The minimum atomic E-state index is -0.734. The molecule has 4 rings (SSSR count). The summed E-state index contributed by atoms with van der Waals surface area (Å²) in [5.41, 5.74) is 3.37. The average molecular weight is 391 g/mol. The van der Waals surface area contributed by atoms with Gasteiger partial charge in [-0.05, 0) is 56.5 Å². The normalized spacial score (nSPS) is 20.5. The second-order valence-electron chi connectivity index (χ2n) is 7.97. The van der Waals surface area contributed by atoms with Crippen LogP contribution in [-0.4, -0.2) is 34.8 Å². The standard InChI is InChI=1S/C23H25N3O3/c1-15-7-6-9-18(16(15)2)24-20(27)12-14-25-22(29)17-8-4-5-10-19(17)26-21(28)11-13-23(25,26)3/h4-10H,11-14H2,1-3H3,(H,24,27). The van der Waals surface area contributed by atoms with E-state index in [0.29, 0.717) is 24.1 Å². The quantitative estimate of drug-likeness (QED) is 0.865. The SMILES string of the molecule is Cc1cccc(NC(=O)CCN2C(=O)c3ccccc3N3C(=O)CCC23C)c1C. The van der Waals surface area contributed by atoms with Crippen LogP contribution >= 0.6 is 0 Å². The van der Waals surface area contributed by atoms with Gasteiger partial charge in [-0.25, -0.2) is 0 Å². The summed E-state index contributed by atoms with van der Waals surface area (Å²) < 4.78 is 0. The van der Waals surface area contributed by atoms with Crippen molar-refractivity contribution in [2.24, 2.45) is 0 Å². The van der Waals surface area contributed by atoms with Gasteiger partial charge >= 0.3 is 0 Å². The topological polar surface area (TPSA) is 69.7 Å². The first kappa shape index (κ1) is 19.2. The molecule has 1 saturated heterocycles. The first-order valence-corrected chi connectivity index (χ1v) is 9.93. The maximum atomic E-state index is 13.2. The Morgan fingerprint density at radius 1 is 1.10 bits per heavy atom. The lowest BCUT2D eigenvalue weighted by Gasteiger charge is -2.48. The fourth-order valence-corrected chi connectivity index (χ4v) is 4.35. The molecule has 1 unspecified atom stereocenters. The lowest BCUT2D eigenvalue weighted by atomic mass is 9.98. The molecular formula is C23H25N3O3. The molecule has 3 amide bonds. The van der Waals surface area contributed by atoms with Crippen molar-refractivity contribution in [2.75, 3.05) is 16.8 Å². The molecule has 2 aromatic carbocycles. The highest BCUT2D eigenvalue weighted by Gasteiger charge is 2.52. The molecular weight excluding hydrogens is 366 g/mol. The van der Waals surface area contributed by atoms with Gasteiger partial charge in [-0.3, -0.25) is 19.3 Å². The lowest BCUT2D eigenvalue weighted by Crippen LogP contribution is -2.62. The number of aryl methyl sites for hydroxylation is 1. The van der Waals surface area contributed by atoms with Crippen molar-refractivity contribution < 1.29 is 14.4 Å². The minimum Gasteiger partial charge on any atom is -0.326 e. The highest BCUT2D eigenvalue weighted by atomic mass is 16.2. The molecule has 2 aliphatic heterocycles. The Balaban J connectivity index is 1.55. The molecule has 2 heterocycles. The van der Waals surface area contributed by atoms with Crippen LogP contribution in [0.5, 0.6) is 0 Å². The predicted octanol–water partition coefficient (Wildman–Crippen LogP) is 3.63. The smallest absolute Gasteiger partial charge is 0.257 e. The minimum absolute atomic E-state index is 0.0114. The Labute approximate surface area is 170 Å². The third-order valence-corrected chi connectivity index (χ3v) is 6.19. The van der Waals surface area contributed by atoms with Crippen LogP contribution < -0.4 is 10.2 Å². The summed E-state index contributed by atoms with van der Waals surface area (Å²) in [7, 11) is 0. The van der Waals surface area contributed by atoms with Crippen LogP contribution in [0.25, 0.3) is 0 Å². The van der Waals surface area contributed by atoms with Crippen LogP contribution in [0.2, 0.25) is 0 Å². The molecule has 0 bridgehead atoms. The number of amides is 3.